The molecule has 1 saturated heterocycles. The Morgan fingerprint density at radius 3 is 2.50 bits per heavy atom. The Hall–Kier alpha value is -1.60. The van der Waals surface area contributed by atoms with E-state index in [0.717, 1.165) is 5.56 Å². The van der Waals surface area contributed by atoms with Crippen molar-refractivity contribution in [3.63, 3.8) is 0 Å². The molecule has 0 radical (unpaired) electrons. The van der Waals surface area contributed by atoms with E-state index in [1.807, 2.05) is 12.1 Å². The second-order valence-corrected chi connectivity index (χ2v) is 8.52. The summed E-state index contributed by atoms with van der Waals surface area (Å²) in [5.41, 5.74) is 0.906. The number of likely N-dealkylation sites (N-methyl/N-ethyl adjacent to an activating group) is 1. The van der Waals surface area contributed by atoms with Gasteiger partial charge in [-0.1, -0.05) is 23.7 Å². The van der Waals surface area contributed by atoms with E-state index < -0.39 is 15.8 Å². The molecule has 2 amide bonds. The lowest BCUT2D eigenvalue weighted by Gasteiger charge is -2.23. The zero-order chi connectivity index (χ0) is 17.7. The first-order valence-electron chi connectivity index (χ1n) is 7.81. The largest absolute Gasteiger partial charge is 0.350 e. The summed E-state index contributed by atoms with van der Waals surface area (Å²) in [7, 11) is -3.12. The van der Waals surface area contributed by atoms with E-state index in [1.165, 1.54) is 4.90 Å². The summed E-state index contributed by atoms with van der Waals surface area (Å²) >= 11 is 5.80. The Morgan fingerprint density at radius 2 is 1.96 bits per heavy atom. The van der Waals surface area contributed by atoms with Gasteiger partial charge in [0.2, 0.25) is 11.8 Å². The number of hydrogen-bond acceptors (Lipinski definition) is 4. The van der Waals surface area contributed by atoms with Gasteiger partial charge in [-0.3, -0.25) is 9.59 Å². The number of nitrogens with zero attached hydrogens (tertiary/aromatic N) is 1. The highest BCUT2D eigenvalue weighted by molar-refractivity contribution is 7.91. The van der Waals surface area contributed by atoms with Gasteiger partial charge in [-0.05, 0) is 31.0 Å². The van der Waals surface area contributed by atoms with E-state index in [2.05, 4.69) is 5.32 Å². The Kier molecular flexibility index (Phi) is 6.23. The molecule has 0 bridgehead atoms. The number of benzene rings is 1. The van der Waals surface area contributed by atoms with Crippen molar-refractivity contribution in [2.45, 2.75) is 19.9 Å². The summed E-state index contributed by atoms with van der Waals surface area (Å²) in [4.78, 5) is 25.8. The van der Waals surface area contributed by atoms with Gasteiger partial charge in [-0.2, -0.15) is 0 Å². The average molecular weight is 373 g/mol. The second-order valence-electron chi connectivity index (χ2n) is 5.86. The van der Waals surface area contributed by atoms with Crippen molar-refractivity contribution in [3.05, 3.63) is 34.9 Å². The smallest absolute Gasteiger partial charge is 0.239 e. The summed E-state index contributed by atoms with van der Waals surface area (Å²) in [6.07, 6.45) is 0.337. The molecule has 0 aliphatic carbocycles. The van der Waals surface area contributed by atoms with Crippen LogP contribution in [0, 0.1) is 5.92 Å². The maximum Gasteiger partial charge on any atom is 0.239 e. The molecule has 2 rings (SSSR count). The van der Waals surface area contributed by atoms with Crippen LogP contribution in [0.25, 0.3) is 0 Å². The third kappa shape index (κ3) is 5.21. The fourth-order valence-corrected chi connectivity index (χ4v) is 4.48. The fourth-order valence-electron chi connectivity index (χ4n) is 2.63. The number of carbonyl (C=O) groups excluding carboxylic acids is 2. The molecule has 1 aliphatic rings. The zero-order valence-corrected chi connectivity index (χ0v) is 15.1. The van der Waals surface area contributed by atoms with Crippen molar-refractivity contribution >= 4 is 33.3 Å². The molecule has 1 atom stereocenters. The molecular formula is C16H21ClN2O4S. The molecule has 1 unspecified atom stereocenters. The molecule has 1 N–H and O–H groups in total. The molecule has 1 aliphatic heterocycles. The molecular weight excluding hydrogens is 352 g/mol. The van der Waals surface area contributed by atoms with E-state index in [1.54, 1.807) is 19.1 Å². The molecule has 0 aromatic heterocycles. The van der Waals surface area contributed by atoms with E-state index in [-0.39, 0.29) is 29.9 Å². The van der Waals surface area contributed by atoms with Crippen molar-refractivity contribution in [1.82, 2.24) is 10.2 Å². The highest BCUT2D eigenvalue weighted by Gasteiger charge is 2.35. The fraction of sp³-hybridized carbons (Fsp3) is 0.500. The van der Waals surface area contributed by atoms with Gasteiger partial charge < -0.3 is 10.2 Å². The van der Waals surface area contributed by atoms with Crippen LogP contribution in [0.3, 0.4) is 0 Å². The number of carbonyl (C=O) groups is 2. The van der Waals surface area contributed by atoms with Crippen molar-refractivity contribution in [1.29, 1.82) is 0 Å². The monoisotopic (exact) mass is 372 g/mol. The van der Waals surface area contributed by atoms with Crippen molar-refractivity contribution < 1.29 is 18.0 Å². The Bertz CT molecular complexity index is 703. The van der Waals surface area contributed by atoms with E-state index in [9.17, 15) is 18.0 Å². The molecule has 8 heteroatoms. The molecule has 1 heterocycles. The molecule has 0 spiro atoms. The third-order valence-corrected chi connectivity index (χ3v) is 6.03. The third-order valence-electron chi connectivity index (χ3n) is 4.01. The van der Waals surface area contributed by atoms with Gasteiger partial charge in [0.1, 0.15) is 0 Å². The maximum atomic E-state index is 12.4. The van der Waals surface area contributed by atoms with Crippen LogP contribution in [0.5, 0.6) is 0 Å². The molecule has 1 aromatic rings. The zero-order valence-electron chi connectivity index (χ0n) is 13.5. The van der Waals surface area contributed by atoms with E-state index in [0.29, 0.717) is 24.5 Å². The van der Waals surface area contributed by atoms with Gasteiger partial charge >= 0.3 is 0 Å². The Morgan fingerprint density at radius 1 is 1.29 bits per heavy atom. The van der Waals surface area contributed by atoms with Gasteiger partial charge in [0.05, 0.1) is 24.0 Å². The van der Waals surface area contributed by atoms with E-state index >= 15 is 0 Å². The first kappa shape index (κ1) is 18.7. The van der Waals surface area contributed by atoms with Crippen molar-refractivity contribution in [2.75, 3.05) is 24.6 Å². The molecule has 1 aromatic carbocycles. The molecule has 132 valence electrons. The summed E-state index contributed by atoms with van der Waals surface area (Å²) in [5.74, 6) is -1.14. The Balaban J connectivity index is 1.86. The maximum absolute atomic E-state index is 12.4. The lowest BCUT2D eigenvalue weighted by molar-refractivity contribution is -0.138. The number of hydrogen-bond donors (Lipinski definition) is 1. The van der Waals surface area contributed by atoms with Gasteiger partial charge in [0.25, 0.3) is 0 Å². The van der Waals surface area contributed by atoms with Crippen LogP contribution >= 0.6 is 11.6 Å². The van der Waals surface area contributed by atoms with Gasteiger partial charge in [-0.15, -0.1) is 0 Å². The highest BCUT2D eigenvalue weighted by Crippen LogP contribution is 2.20. The predicted octanol–water partition coefficient (Wildman–Crippen LogP) is 1.24. The first-order valence-corrected chi connectivity index (χ1v) is 10.0. The van der Waals surface area contributed by atoms with Crippen LogP contribution in [-0.2, 0) is 26.0 Å². The summed E-state index contributed by atoms with van der Waals surface area (Å²) in [6, 6.07) is 7.11. The quantitative estimate of drug-likeness (QED) is 0.814. The van der Waals surface area contributed by atoms with Gasteiger partial charge in [0, 0.05) is 18.1 Å². The number of amides is 2. The molecule has 6 nitrogen and oxygen atoms in total. The molecule has 1 fully saturated rings. The minimum Gasteiger partial charge on any atom is -0.350 e. The van der Waals surface area contributed by atoms with Crippen LogP contribution in [0.2, 0.25) is 5.02 Å². The van der Waals surface area contributed by atoms with Crippen LogP contribution < -0.4 is 5.32 Å². The lowest BCUT2D eigenvalue weighted by Crippen LogP contribution is -2.43. The first-order chi connectivity index (χ1) is 11.3. The summed E-state index contributed by atoms with van der Waals surface area (Å²) in [6.45, 7) is 2.41. The average Bonchev–Trinajstić information content (AvgIpc) is 2.91. The molecule has 0 saturated carbocycles. The van der Waals surface area contributed by atoms with E-state index in [4.69, 9.17) is 11.6 Å². The van der Waals surface area contributed by atoms with Gasteiger partial charge in [-0.25, -0.2) is 8.42 Å². The minimum atomic E-state index is -3.12. The Labute approximate surface area is 147 Å². The standard InChI is InChI=1S/C16H21ClN2O4S/c1-2-19(16(21)13-7-8-24(22,23)11-13)10-15(20)18-9-12-3-5-14(17)6-4-12/h3-6,13H,2,7-11H2,1H3,(H,18,20). The van der Waals surface area contributed by atoms with Gasteiger partial charge in [0.15, 0.2) is 9.84 Å². The molecule has 24 heavy (non-hydrogen) atoms. The minimum absolute atomic E-state index is 0.0454. The normalized spacial score (nSPS) is 19.0. The second kappa shape index (κ2) is 7.98. The van der Waals surface area contributed by atoms with Crippen LogP contribution in [-0.4, -0.2) is 49.7 Å². The summed E-state index contributed by atoms with van der Waals surface area (Å²) < 4.78 is 23.0. The number of nitrogens with one attached hydrogen (secondary N) is 1. The number of rotatable bonds is 6. The SMILES string of the molecule is CCN(CC(=O)NCc1ccc(Cl)cc1)C(=O)C1CCS(=O)(=O)C1. The predicted molar refractivity (Wildman–Crippen MR) is 92.3 cm³/mol. The van der Waals surface area contributed by atoms with Crippen LogP contribution in [0.4, 0.5) is 0 Å². The highest BCUT2D eigenvalue weighted by atomic mass is 35.5. The number of halogens is 1. The van der Waals surface area contributed by atoms with Crippen molar-refractivity contribution in [3.8, 4) is 0 Å². The lowest BCUT2D eigenvalue weighted by atomic mass is 10.1. The summed E-state index contributed by atoms with van der Waals surface area (Å²) in [5, 5.41) is 3.38. The number of sulfone groups is 1. The van der Waals surface area contributed by atoms with Crippen LogP contribution in [0.15, 0.2) is 24.3 Å². The van der Waals surface area contributed by atoms with Crippen LogP contribution in [0.1, 0.15) is 18.9 Å². The van der Waals surface area contributed by atoms with Crippen molar-refractivity contribution in [2.24, 2.45) is 5.92 Å². The topological polar surface area (TPSA) is 83.6 Å².